The monoisotopic (exact) mass is 558 g/mol. The van der Waals surface area contributed by atoms with Crippen molar-refractivity contribution >= 4 is 35.6 Å². The van der Waals surface area contributed by atoms with Crippen LogP contribution in [0.4, 0.5) is 5.69 Å². The topological polar surface area (TPSA) is 86.2 Å². The van der Waals surface area contributed by atoms with Crippen molar-refractivity contribution in [1.82, 2.24) is 10.3 Å². The normalized spacial score (nSPS) is 11.1. The molecule has 2 N–H and O–H groups in total. The van der Waals surface area contributed by atoms with Crippen molar-refractivity contribution in [3.63, 3.8) is 0 Å². The van der Waals surface area contributed by atoms with Gasteiger partial charge in [-0.25, -0.2) is 9.98 Å². The van der Waals surface area contributed by atoms with Gasteiger partial charge < -0.3 is 29.6 Å². The van der Waals surface area contributed by atoms with Gasteiger partial charge in [0.2, 0.25) is 5.88 Å². The molecule has 178 valence electrons. The van der Waals surface area contributed by atoms with E-state index >= 15 is 0 Å². The van der Waals surface area contributed by atoms with Gasteiger partial charge in [-0.1, -0.05) is 6.07 Å². The fourth-order valence-electron chi connectivity index (χ4n) is 2.59. The van der Waals surface area contributed by atoms with Gasteiger partial charge in [-0.15, -0.1) is 24.0 Å². The summed E-state index contributed by atoms with van der Waals surface area (Å²) in [5.74, 6) is 2.11. The SMILES string of the molecule is COCCOCCCNC(=NCc1ccc(OC)nc1)Nc1ccc(OC(C)C)cc1.I. The number of nitrogens with one attached hydrogen (secondary N) is 2. The number of nitrogens with zero attached hydrogens (tertiary/aromatic N) is 2. The van der Waals surface area contributed by atoms with E-state index in [9.17, 15) is 0 Å². The standard InChI is InChI=1S/C23H34N4O4.HI/c1-18(2)31-21-9-7-20(8-10-21)27-23(24-12-5-13-30-15-14-28-3)26-17-19-6-11-22(29-4)25-16-19;/h6-11,16,18H,5,12-15,17H2,1-4H3,(H2,24,26,27);1H. The predicted molar refractivity (Wildman–Crippen MR) is 138 cm³/mol. The molecule has 8 nitrogen and oxygen atoms in total. The van der Waals surface area contributed by atoms with Crippen molar-refractivity contribution in [2.45, 2.75) is 32.9 Å². The third-order valence-corrected chi connectivity index (χ3v) is 4.11. The Hall–Kier alpha value is -2.11. The number of aromatic nitrogens is 1. The number of hydrogen-bond acceptors (Lipinski definition) is 6. The summed E-state index contributed by atoms with van der Waals surface area (Å²) in [5.41, 5.74) is 1.91. The summed E-state index contributed by atoms with van der Waals surface area (Å²) >= 11 is 0. The van der Waals surface area contributed by atoms with Crippen LogP contribution in [0.25, 0.3) is 0 Å². The highest BCUT2D eigenvalue weighted by atomic mass is 127. The van der Waals surface area contributed by atoms with Crippen molar-refractivity contribution in [1.29, 1.82) is 0 Å². The second kappa shape index (κ2) is 16.5. The molecule has 0 amide bonds. The summed E-state index contributed by atoms with van der Waals surface area (Å²) in [7, 11) is 3.27. The molecule has 1 heterocycles. The average Bonchev–Trinajstić information content (AvgIpc) is 2.78. The highest BCUT2D eigenvalue weighted by molar-refractivity contribution is 14.0. The van der Waals surface area contributed by atoms with E-state index in [1.807, 2.05) is 50.2 Å². The van der Waals surface area contributed by atoms with Crippen LogP contribution < -0.4 is 20.1 Å². The second-order valence-electron chi connectivity index (χ2n) is 7.08. The van der Waals surface area contributed by atoms with Gasteiger partial charge in [-0.2, -0.15) is 0 Å². The molecule has 1 aromatic carbocycles. The van der Waals surface area contributed by atoms with Crippen LogP contribution in [0, 0.1) is 0 Å². The van der Waals surface area contributed by atoms with Crippen molar-refractivity contribution in [3.8, 4) is 11.6 Å². The molecular formula is C23H35IN4O4. The van der Waals surface area contributed by atoms with Gasteiger partial charge in [-0.05, 0) is 50.1 Å². The summed E-state index contributed by atoms with van der Waals surface area (Å²) in [4.78, 5) is 8.91. The first kappa shape index (κ1) is 27.9. The molecule has 0 atom stereocenters. The lowest BCUT2D eigenvalue weighted by atomic mass is 10.3. The van der Waals surface area contributed by atoms with Crippen LogP contribution in [0.3, 0.4) is 0 Å². The van der Waals surface area contributed by atoms with E-state index in [-0.39, 0.29) is 30.1 Å². The molecule has 0 fully saturated rings. The Balaban J connectivity index is 0.00000512. The number of methoxy groups -OCH3 is 2. The van der Waals surface area contributed by atoms with E-state index in [0.717, 1.165) is 30.0 Å². The Kier molecular flexibility index (Phi) is 14.4. The summed E-state index contributed by atoms with van der Waals surface area (Å²) in [6.45, 7) is 7.10. The lowest BCUT2D eigenvalue weighted by Gasteiger charge is -2.14. The van der Waals surface area contributed by atoms with Gasteiger partial charge in [0, 0.05) is 38.2 Å². The quantitative estimate of drug-likeness (QED) is 0.166. The van der Waals surface area contributed by atoms with Gasteiger partial charge in [0.25, 0.3) is 0 Å². The molecule has 0 bridgehead atoms. The zero-order valence-corrected chi connectivity index (χ0v) is 21.6. The zero-order valence-electron chi connectivity index (χ0n) is 19.3. The summed E-state index contributed by atoms with van der Waals surface area (Å²) in [6.07, 6.45) is 2.76. The van der Waals surface area contributed by atoms with Crippen molar-refractivity contribution in [2.24, 2.45) is 4.99 Å². The number of ether oxygens (including phenoxy) is 4. The van der Waals surface area contributed by atoms with Gasteiger partial charge in [0.05, 0.1) is 33.0 Å². The van der Waals surface area contributed by atoms with E-state index in [2.05, 4.69) is 20.6 Å². The van der Waals surface area contributed by atoms with Crippen LogP contribution in [0.1, 0.15) is 25.8 Å². The maximum Gasteiger partial charge on any atom is 0.212 e. The Bertz CT molecular complexity index is 771. The van der Waals surface area contributed by atoms with Crippen LogP contribution >= 0.6 is 24.0 Å². The Morgan fingerprint density at radius 3 is 2.44 bits per heavy atom. The molecule has 0 unspecified atom stereocenters. The number of benzene rings is 1. The molecule has 0 spiro atoms. The van der Waals surface area contributed by atoms with Crippen molar-refractivity contribution in [3.05, 3.63) is 48.2 Å². The smallest absolute Gasteiger partial charge is 0.212 e. The van der Waals surface area contributed by atoms with Crippen molar-refractivity contribution in [2.75, 3.05) is 45.9 Å². The highest BCUT2D eigenvalue weighted by Crippen LogP contribution is 2.17. The third kappa shape index (κ3) is 11.5. The van der Waals surface area contributed by atoms with Crippen molar-refractivity contribution < 1.29 is 18.9 Å². The third-order valence-electron chi connectivity index (χ3n) is 4.11. The molecule has 0 saturated carbocycles. The van der Waals surface area contributed by atoms with E-state index in [1.165, 1.54) is 0 Å². The maximum atomic E-state index is 5.70. The first-order valence-electron chi connectivity index (χ1n) is 10.5. The van der Waals surface area contributed by atoms with Gasteiger partial charge in [-0.3, -0.25) is 0 Å². The minimum atomic E-state index is 0. The zero-order chi connectivity index (χ0) is 22.3. The number of pyridine rings is 1. The Labute approximate surface area is 208 Å². The van der Waals surface area contributed by atoms with E-state index in [4.69, 9.17) is 18.9 Å². The molecule has 0 aliphatic carbocycles. The first-order valence-corrected chi connectivity index (χ1v) is 10.5. The molecule has 0 aliphatic rings. The van der Waals surface area contributed by atoms with Gasteiger partial charge in [0.1, 0.15) is 5.75 Å². The minimum Gasteiger partial charge on any atom is -0.491 e. The van der Waals surface area contributed by atoms with Gasteiger partial charge >= 0.3 is 0 Å². The lowest BCUT2D eigenvalue weighted by Crippen LogP contribution is -2.32. The summed E-state index contributed by atoms with van der Waals surface area (Å²) in [5, 5.41) is 6.69. The highest BCUT2D eigenvalue weighted by Gasteiger charge is 2.03. The predicted octanol–water partition coefficient (Wildman–Crippen LogP) is 4.11. The molecule has 2 aromatic rings. The Morgan fingerprint density at radius 2 is 1.81 bits per heavy atom. The number of hydrogen-bond donors (Lipinski definition) is 2. The minimum absolute atomic E-state index is 0. The van der Waals surface area contributed by atoms with E-state index < -0.39 is 0 Å². The second-order valence-corrected chi connectivity index (χ2v) is 7.08. The summed E-state index contributed by atoms with van der Waals surface area (Å²) in [6, 6.07) is 11.6. The number of aliphatic imine (C=N–C) groups is 1. The molecule has 2 rings (SSSR count). The maximum absolute atomic E-state index is 5.70. The van der Waals surface area contributed by atoms with Crippen LogP contribution in [0.5, 0.6) is 11.6 Å². The fraction of sp³-hybridized carbons (Fsp3) is 0.478. The van der Waals surface area contributed by atoms with Crippen LogP contribution in [-0.2, 0) is 16.0 Å². The van der Waals surface area contributed by atoms with E-state index in [0.29, 0.717) is 38.2 Å². The number of guanidine groups is 1. The van der Waals surface area contributed by atoms with Crippen LogP contribution in [-0.4, -0.2) is 57.6 Å². The first-order chi connectivity index (χ1) is 15.1. The lowest BCUT2D eigenvalue weighted by molar-refractivity contribution is 0.0699. The van der Waals surface area contributed by atoms with Crippen LogP contribution in [0.15, 0.2) is 47.6 Å². The molecule has 0 saturated heterocycles. The largest absolute Gasteiger partial charge is 0.491 e. The van der Waals surface area contributed by atoms with E-state index in [1.54, 1.807) is 20.4 Å². The molecular weight excluding hydrogens is 523 g/mol. The van der Waals surface area contributed by atoms with Gasteiger partial charge in [0.15, 0.2) is 5.96 Å². The average molecular weight is 558 g/mol. The molecule has 0 aliphatic heterocycles. The fourth-order valence-corrected chi connectivity index (χ4v) is 2.59. The summed E-state index contributed by atoms with van der Waals surface area (Å²) < 4.78 is 21.3. The number of anilines is 1. The van der Waals surface area contributed by atoms with Crippen LogP contribution in [0.2, 0.25) is 0 Å². The molecule has 1 aromatic heterocycles. The number of halogens is 1. The molecule has 32 heavy (non-hydrogen) atoms. The molecule has 9 heteroatoms. The molecule has 0 radical (unpaired) electrons. The number of rotatable bonds is 13. The Morgan fingerprint density at radius 1 is 1.03 bits per heavy atom.